The van der Waals surface area contributed by atoms with E-state index in [4.69, 9.17) is 4.74 Å². The summed E-state index contributed by atoms with van der Waals surface area (Å²) in [7, 11) is 1.63. The number of aliphatic hydroxyl groups excluding tert-OH is 1. The Labute approximate surface area is 132 Å². The maximum Gasteiger partial charge on any atom is 0.227 e. The Morgan fingerprint density at radius 2 is 1.86 bits per heavy atom. The maximum absolute atomic E-state index is 12.3. The molecule has 1 saturated heterocycles. The fourth-order valence-electron chi connectivity index (χ4n) is 2.64. The first-order valence-electron chi connectivity index (χ1n) is 7.93. The molecule has 1 amide bonds. The summed E-state index contributed by atoms with van der Waals surface area (Å²) < 4.78 is 5.12. The number of benzene rings is 1. The van der Waals surface area contributed by atoms with Crippen LogP contribution in [0.25, 0.3) is 0 Å². The highest BCUT2D eigenvalue weighted by Crippen LogP contribution is 2.13. The minimum absolute atomic E-state index is 0.167. The Kier molecular flexibility index (Phi) is 6.21. The molecule has 122 valence electrons. The molecular weight excluding hydrogens is 280 g/mol. The zero-order chi connectivity index (χ0) is 15.9. The molecule has 1 aromatic rings. The summed E-state index contributed by atoms with van der Waals surface area (Å²) in [5.41, 5.74) is 1.01. The molecule has 0 bridgehead atoms. The van der Waals surface area contributed by atoms with E-state index in [1.54, 1.807) is 7.11 Å². The maximum atomic E-state index is 12.3. The van der Waals surface area contributed by atoms with Crippen molar-refractivity contribution in [2.45, 2.75) is 25.9 Å². The van der Waals surface area contributed by atoms with Crippen molar-refractivity contribution in [2.75, 3.05) is 39.8 Å². The van der Waals surface area contributed by atoms with E-state index in [2.05, 4.69) is 4.90 Å². The number of nitrogens with zero attached hydrogens (tertiary/aromatic N) is 2. The highest BCUT2D eigenvalue weighted by atomic mass is 16.5. The lowest BCUT2D eigenvalue weighted by atomic mass is 10.1. The van der Waals surface area contributed by atoms with Crippen LogP contribution in [0.4, 0.5) is 0 Å². The van der Waals surface area contributed by atoms with Crippen molar-refractivity contribution in [3.63, 3.8) is 0 Å². The molecule has 0 radical (unpaired) electrons. The second kappa shape index (κ2) is 8.15. The van der Waals surface area contributed by atoms with E-state index in [9.17, 15) is 9.90 Å². The number of rotatable bonds is 6. The largest absolute Gasteiger partial charge is 0.497 e. The van der Waals surface area contributed by atoms with Gasteiger partial charge in [-0.15, -0.1) is 0 Å². The van der Waals surface area contributed by atoms with E-state index < -0.39 is 0 Å². The lowest BCUT2D eigenvalue weighted by Crippen LogP contribution is -2.50. The zero-order valence-corrected chi connectivity index (χ0v) is 13.5. The number of hydrogen-bond donors (Lipinski definition) is 1. The van der Waals surface area contributed by atoms with Gasteiger partial charge < -0.3 is 14.7 Å². The standard InChI is InChI=1S/C17H26N2O3/c1-3-15(20)13-18-8-10-19(11-9-18)17(21)12-14-4-6-16(22-2)7-5-14/h4-7,15,20H,3,8-13H2,1-2H3/t15-/m1/s1. The molecule has 1 aliphatic rings. The molecule has 1 aliphatic heterocycles. The number of ether oxygens (including phenoxy) is 1. The predicted octanol–water partition coefficient (Wildman–Crippen LogP) is 1.15. The van der Waals surface area contributed by atoms with Gasteiger partial charge in [0.2, 0.25) is 5.91 Å². The lowest BCUT2D eigenvalue weighted by molar-refractivity contribution is -0.132. The van der Waals surface area contributed by atoms with Gasteiger partial charge in [0.15, 0.2) is 0 Å². The molecule has 1 N–H and O–H groups in total. The molecule has 2 rings (SSSR count). The minimum atomic E-state index is -0.262. The Balaban J connectivity index is 1.79. The van der Waals surface area contributed by atoms with Crippen LogP contribution in [-0.4, -0.2) is 66.8 Å². The molecule has 1 heterocycles. The zero-order valence-electron chi connectivity index (χ0n) is 13.5. The fraction of sp³-hybridized carbons (Fsp3) is 0.588. The first-order valence-corrected chi connectivity index (χ1v) is 7.93. The van der Waals surface area contributed by atoms with Gasteiger partial charge >= 0.3 is 0 Å². The molecule has 1 fully saturated rings. The SMILES string of the molecule is CC[C@@H](O)CN1CCN(C(=O)Cc2ccc(OC)cc2)CC1. The minimum Gasteiger partial charge on any atom is -0.497 e. The van der Waals surface area contributed by atoms with Crippen LogP contribution >= 0.6 is 0 Å². The third kappa shape index (κ3) is 4.71. The molecule has 5 nitrogen and oxygen atoms in total. The molecule has 0 unspecified atom stereocenters. The third-order valence-electron chi connectivity index (χ3n) is 4.18. The highest BCUT2D eigenvalue weighted by molar-refractivity contribution is 5.78. The molecule has 1 atom stereocenters. The van der Waals surface area contributed by atoms with Crippen LogP contribution in [0.1, 0.15) is 18.9 Å². The predicted molar refractivity (Wildman–Crippen MR) is 86.0 cm³/mol. The quantitative estimate of drug-likeness (QED) is 0.857. The van der Waals surface area contributed by atoms with E-state index in [1.165, 1.54) is 0 Å². The van der Waals surface area contributed by atoms with Crippen molar-refractivity contribution < 1.29 is 14.6 Å². The Morgan fingerprint density at radius 3 is 2.41 bits per heavy atom. The first kappa shape index (κ1) is 16.8. The number of aliphatic hydroxyl groups is 1. The number of hydrogen-bond acceptors (Lipinski definition) is 4. The second-order valence-electron chi connectivity index (χ2n) is 5.77. The summed E-state index contributed by atoms with van der Waals surface area (Å²) in [6.45, 7) is 5.85. The van der Waals surface area contributed by atoms with Crippen LogP contribution in [0.15, 0.2) is 24.3 Å². The number of piperazine rings is 1. The molecular formula is C17H26N2O3. The van der Waals surface area contributed by atoms with Crippen LogP contribution in [0.5, 0.6) is 5.75 Å². The summed E-state index contributed by atoms with van der Waals surface area (Å²) in [4.78, 5) is 16.5. The van der Waals surface area contributed by atoms with Gasteiger partial charge in [0.05, 0.1) is 19.6 Å². The van der Waals surface area contributed by atoms with Crippen molar-refractivity contribution in [1.29, 1.82) is 0 Å². The van der Waals surface area contributed by atoms with Crippen LogP contribution in [0.2, 0.25) is 0 Å². The Bertz CT molecular complexity index is 467. The summed E-state index contributed by atoms with van der Waals surface area (Å²) in [6, 6.07) is 7.63. The molecule has 5 heteroatoms. The number of β-amino-alcohol motifs (C(OH)–C–C–N with tert-alkyl or cyclic N) is 1. The topological polar surface area (TPSA) is 53.0 Å². The van der Waals surface area contributed by atoms with Gasteiger partial charge in [-0.05, 0) is 24.1 Å². The van der Waals surface area contributed by atoms with Gasteiger partial charge in [-0.2, -0.15) is 0 Å². The Morgan fingerprint density at radius 1 is 1.23 bits per heavy atom. The summed E-state index contributed by atoms with van der Waals surface area (Å²) in [6.07, 6.45) is 0.944. The fourth-order valence-corrected chi connectivity index (χ4v) is 2.64. The molecule has 22 heavy (non-hydrogen) atoms. The third-order valence-corrected chi connectivity index (χ3v) is 4.18. The van der Waals surface area contributed by atoms with Gasteiger partial charge in [0.1, 0.15) is 5.75 Å². The summed E-state index contributed by atoms with van der Waals surface area (Å²) >= 11 is 0. The number of methoxy groups -OCH3 is 1. The smallest absolute Gasteiger partial charge is 0.227 e. The normalized spacial score (nSPS) is 17.3. The van der Waals surface area contributed by atoms with Crippen molar-refractivity contribution in [3.8, 4) is 5.75 Å². The van der Waals surface area contributed by atoms with Crippen LogP contribution < -0.4 is 4.74 Å². The summed E-state index contributed by atoms with van der Waals surface area (Å²) in [5.74, 6) is 0.972. The average molecular weight is 306 g/mol. The van der Waals surface area contributed by atoms with Crippen molar-refractivity contribution in [3.05, 3.63) is 29.8 Å². The number of amides is 1. The van der Waals surface area contributed by atoms with Crippen LogP contribution in [0, 0.1) is 0 Å². The monoisotopic (exact) mass is 306 g/mol. The van der Waals surface area contributed by atoms with Crippen LogP contribution in [0.3, 0.4) is 0 Å². The van der Waals surface area contributed by atoms with Gasteiger partial charge in [-0.25, -0.2) is 0 Å². The second-order valence-corrected chi connectivity index (χ2v) is 5.77. The van der Waals surface area contributed by atoms with Crippen molar-refractivity contribution in [1.82, 2.24) is 9.80 Å². The molecule has 0 saturated carbocycles. The van der Waals surface area contributed by atoms with Gasteiger partial charge in [-0.3, -0.25) is 9.69 Å². The van der Waals surface area contributed by atoms with E-state index in [1.807, 2.05) is 36.1 Å². The molecule has 0 aliphatic carbocycles. The highest BCUT2D eigenvalue weighted by Gasteiger charge is 2.22. The van der Waals surface area contributed by atoms with E-state index in [-0.39, 0.29) is 12.0 Å². The van der Waals surface area contributed by atoms with Gasteiger partial charge in [0.25, 0.3) is 0 Å². The average Bonchev–Trinajstić information content (AvgIpc) is 2.56. The molecule has 0 spiro atoms. The lowest BCUT2D eigenvalue weighted by Gasteiger charge is -2.35. The van der Waals surface area contributed by atoms with Crippen molar-refractivity contribution in [2.24, 2.45) is 0 Å². The Hall–Kier alpha value is -1.59. The summed E-state index contributed by atoms with van der Waals surface area (Å²) in [5, 5.41) is 9.69. The van der Waals surface area contributed by atoms with E-state index >= 15 is 0 Å². The van der Waals surface area contributed by atoms with E-state index in [0.717, 1.165) is 43.9 Å². The molecule has 0 aromatic heterocycles. The molecule has 1 aromatic carbocycles. The van der Waals surface area contributed by atoms with Gasteiger partial charge in [-0.1, -0.05) is 19.1 Å². The van der Waals surface area contributed by atoms with Gasteiger partial charge in [0, 0.05) is 32.7 Å². The first-order chi connectivity index (χ1) is 10.6. The van der Waals surface area contributed by atoms with Crippen molar-refractivity contribution >= 4 is 5.91 Å². The van der Waals surface area contributed by atoms with E-state index in [0.29, 0.717) is 13.0 Å². The van der Waals surface area contributed by atoms with Crippen LogP contribution in [-0.2, 0) is 11.2 Å². The number of carbonyl (C=O) groups excluding carboxylic acids is 1. The number of carbonyl (C=O) groups is 1.